The third-order valence-corrected chi connectivity index (χ3v) is 15.7. The molecule has 0 amide bonds. The SMILES string of the molecule is CC(C)CCCCCCCCCCCCCC(=O)OCC(COC(=O)CCCCCCCCCCCCCC(C)C)(COC(=O)CCCCCCCCCCCCCC(C)C)COC(=O)CCN1CCN(CCO)CC1. The van der Waals surface area contributed by atoms with E-state index in [4.69, 9.17) is 18.9 Å². The summed E-state index contributed by atoms with van der Waals surface area (Å²) in [5.74, 6) is 0.934. The first-order chi connectivity index (χ1) is 36.8. The predicted molar refractivity (Wildman–Crippen MR) is 315 cm³/mol. The molecule has 1 saturated heterocycles. The second-order valence-electron chi connectivity index (χ2n) is 24.8. The summed E-state index contributed by atoms with van der Waals surface area (Å²) in [4.78, 5) is 57.8. The Morgan fingerprint density at radius 1 is 0.329 bits per heavy atom. The number of ether oxygens (including phenoxy) is 4. The highest BCUT2D eigenvalue weighted by Crippen LogP contribution is 2.24. The first kappa shape index (κ1) is 71.8. The van der Waals surface area contributed by atoms with Crippen LogP contribution in [0.2, 0.25) is 0 Å². The molecule has 1 aliphatic rings. The van der Waals surface area contributed by atoms with Crippen molar-refractivity contribution in [3.05, 3.63) is 0 Å². The van der Waals surface area contributed by atoms with E-state index in [1.54, 1.807) is 0 Å². The number of unbranched alkanes of at least 4 members (excludes halogenated alkanes) is 30. The Kier molecular flexibility index (Phi) is 48.1. The number of hydrogen-bond donors (Lipinski definition) is 1. The highest BCUT2D eigenvalue weighted by Gasteiger charge is 2.38. The molecule has 1 N–H and O–H groups in total. The molecule has 0 bridgehead atoms. The fraction of sp³-hybridized carbons (Fsp3) is 0.938. The second kappa shape index (κ2) is 50.9. The van der Waals surface area contributed by atoms with Crippen LogP contribution >= 0.6 is 0 Å². The number of aliphatic hydroxyl groups excluding tert-OH is 1. The smallest absolute Gasteiger partial charge is 0.307 e. The van der Waals surface area contributed by atoms with Crippen LogP contribution in [0, 0.1) is 23.2 Å². The van der Waals surface area contributed by atoms with Crippen molar-refractivity contribution in [1.29, 1.82) is 0 Å². The normalized spacial score (nSPS) is 13.6. The van der Waals surface area contributed by atoms with Gasteiger partial charge < -0.3 is 29.0 Å². The zero-order chi connectivity index (χ0) is 55.6. The van der Waals surface area contributed by atoms with E-state index in [1.165, 1.54) is 173 Å². The van der Waals surface area contributed by atoms with Gasteiger partial charge in [-0.05, 0) is 37.0 Å². The highest BCUT2D eigenvalue weighted by atomic mass is 16.6. The zero-order valence-corrected chi connectivity index (χ0v) is 50.9. The molecule has 76 heavy (non-hydrogen) atoms. The standard InChI is InChI=1S/C65H124N2O9/c1-58(2)40-34-28-22-16-10-7-13-19-25-31-37-43-61(69)73-54-65(57-76-64(72)46-47-66-48-50-67(51-49-66)52-53-68,55-74-62(70)44-38-32-26-20-14-8-11-17-23-29-35-41-59(3)4)56-75-63(71)45-39-33-27-21-15-9-12-18-24-30-36-42-60(5)6/h58-60,68H,7-57H2,1-6H3. The monoisotopic (exact) mass is 1080 g/mol. The molecule has 448 valence electrons. The van der Waals surface area contributed by atoms with E-state index in [9.17, 15) is 24.3 Å². The third kappa shape index (κ3) is 46.7. The van der Waals surface area contributed by atoms with E-state index in [1.807, 2.05) is 0 Å². The summed E-state index contributed by atoms with van der Waals surface area (Å²) >= 11 is 0. The molecular formula is C65H124N2O9. The molecule has 1 rings (SSSR count). The van der Waals surface area contributed by atoms with Gasteiger partial charge in [0.2, 0.25) is 0 Å². The Morgan fingerprint density at radius 3 is 0.776 bits per heavy atom. The molecule has 0 saturated carbocycles. The number of aliphatic hydroxyl groups is 1. The minimum Gasteiger partial charge on any atom is -0.465 e. The van der Waals surface area contributed by atoms with Crippen LogP contribution in [0.15, 0.2) is 0 Å². The Hall–Kier alpha value is -2.24. The van der Waals surface area contributed by atoms with Crippen LogP contribution in [0.1, 0.15) is 298 Å². The number of hydrogen-bond acceptors (Lipinski definition) is 11. The average molecular weight is 1080 g/mol. The summed E-state index contributed by atoms with van der Waals surface area (Å²) < 4.78 is 23.7. The van der Waals surface area contributed by atoms with Crippen LogP contribution < -0.4 is 0 Å². The maximum absolute atomic E-state index is 13.4. The summed E-state index contributed by atoms with van der Waals surface area (Å²) in [5.41, 5.74) is -1.25. The van der Waals surface area contributed by atoms with Crippen LogP contribution in [0.5, 0.6) is 0 Å². The third-order valence-electron chi connectivity index (χ3n) is 15.7. The minimum atomic E-state index is -1.25. The number of piperazine rings is 1. The molecule has 0 atom stereocenters. The van der Waals surface area contributed by atoms with Crippen molar-refractivity contribution in [3.8, 4) is 0 Å². The predicted octanol–water partition coefficient (Wildman–Crippen LogP) is 16.3. The molecule has 0 radical (unpaired) electrons. The first-order valence-corrected chi connectivity index (χ1v) is 32.5. The van der Waals surface area contributed by atoms with E-state index in [0.717, 1.165) is 102 Å². The van der Waals surface area contributed by atoms with Gasteiger partial charge in [-0.3, -0.25) is 24.1 Å². The quantitative estimate of drug-likeness (QED) is 0.0355. The molecule has 0 aromatic heterocycles. The topological polar surface area (TPSA) is 132 Å². The van der Waals surface area contributed by atoms with Crippen molar-refractivity contribution in [3.63, 3.8) is 0 Å². The number of esters is 4. The summed E-state index contributed by atoms with van der Waals surface area (Å²) in [6.45, 7) is 17.6. The van der Waals surface area contributed by atoms with Crippen molar-refractivity contribution in [2.24, 2.45) is 23.2 Å². The maximum atomic E-state index is 13.4. The largest absolute Gasteiger partial charge is 0.465 e. The number of nitrogens with zero attached hydrogens (tertiary/aromatic N) is 2. The van der Waals surface area contributed by atoms with Gasteiger partial charge >= 0.3 is 23.9 Å². The van der Waals surface area contributed by atoms with Crippen LogP contribution in [0.3, 0.4) is 0 Å². The lowest BCUT2D eigenvalue weighted by Gasteiger charge is -2.34. The Bertz CT molecular complexity index is 1230. The van der Waals surface area contributed by atoms with Crippen LogP contribution in [-0.2, 0) is 38.1 Å². The van der Waals surface area contributed by atoms with E-state index >= 15 is 0 Å². The van der Waals surface area contributed by atoms with Crippen molar-refractivity contribution in [2.45, 2.75) is 298 Å². The Morgan fingerprint density at radius 2 is 0.539 bits per heavy atom. The molecule has 1 fully saturated rings. The van der Waals surface area contributed by atoms with Gasteiger partial charge in [0.25, 0.3) is 0 Å². The van der Waals surface area contributed by atoms with Gasteiger partial charge in [-0.2, -0.15) is 0 Å². The molecular weight excluding hydrogens is 953 g/mol. The molecule has 0 aromatic carbocycles. The van der Waals surface area contributed by atoms with Gasteiger partial charge in [0.1, 0.15) is 31.8 Å². The average Bonchev–Trinajstić information content (AvgIpc) is 3.39. The van der Waals surface area contributed by atoms with Crippen LogP contribution in [-0.4, -0.2) is 111 Å². The van der Waals surface area contributed by atoms with Crippen molar-refractivity contribution in [1.82, 2.24) is 9.80 Å². The molecule has 0 spiro atoms. The highest BCUT2D eigenvalue weighted by molar-refractivity contribution is 5.71. The lowest BCUT2D eigenvalue weighted by molar-refractivity contribution is -0.171. The van der Waals surface area contributed by atoms with Gasteiger partial charge in [-0.15, -0.1) is 0 Å². The summed E-state index contributed by atoms with van der Waals surface area (Å²) in [7, 11) is 0. The van der Waals surface area contributed by atoms with E-state index in [0.29, 0.717) is 13.1 Å². The minimum absolute atomic E-state index is 0.130. The van der Waals surface area contributed by atoms with Crippen LogP contribution in [0.25, 0.3) is 0 Å². The zero-order valence-electron chi connectivity index (χ0n) is 50.9. The summed E-state index contributed by atoms with van der Waals surface area (Å²) in [6.07, 6.45) is 44.3. The van der Waals surface area contributed by atoms with Gasteiger partial charge in [0.15, 0.2) is 0 Å². The van der Waals surface area contributed by atoms with Crippen LogP contribution in [0.4, 0.5) is 0 Å². The molecule has 11 heteroatoms. The lowest BCUT2D eigenvalue weighted by Crippen LogP contribution is -2.47. The fourth-order valence-corrected chi connectivity index (χ4v) is 10.3. The molecule has 0 unspecified atom stereocenters. The summed E-state index contributed by atoms with van der Waals surface area (Å²) in [6, 6.07) is 0. The molecule has 1 aliphatic heterocycles. The van der Waals surface area contributed by atoms with Crippen molar-refractivity contribution < 1.29 is 43.2 Å². The number of rotatable bonds is 55. The Labute approximate surface area is 469 Å². The second-order valence-corrected chi connectivity index (χ2v) is 24.8. The Balaban J connectivity index is 2.82. The number of carbonyl (C=O) groups excluding carboxylic acids is 4. The molecule has 0 aliphatic carbocycles. The van der Waals surface area contributed by atoms with E-state index in [-0.39, 0.29) is 76.6 Å². The van der Waals surface area contributed by atoms with Gasteiger partial charge in [-0.1, -0.05) is 253 Å². The van der Waals surface area contributed by atoms with Gasteiger partial charge in [-0.25, -0.2) is 0 Å². The maximum Gasteiger partial charge on any atom is 0.307 e. The first-order valence-electron chi connectivity index (χ1n) is 32.5. The molecule has 0 aromatic rings. The van der Waals surface area contributed by atoms with E-state index < -0.39 is 11.4 Å². The lowest BCUT2D eigenvalue weighted by atomic mass is 9.92. The van der Waals surface area contributed by atoms with E-state index in [2.05, 4.69) is 51.3 Å². The number of carbonyl (C=O) groups is 4. The van der Waals surface area contributed by atoms with Crippen molar-refractivity contribution >= 4 is 23.9 Å². The molecule has 11 nitrogen and oxygen atoms in total. The van der Waals surface area contributed by atoms with Gasteiger partial charge in [0.05, 0.1) is 13.0 Å². The fourth-order valence-electron chi connectivity index (χ4n) is 10.3. The molecule has 1 heterocycles. The summed E-state index contributed by atoms with van der Waals surface area (Å²) in [5, 5.41) is 9.35. The number of β-amino-alcohol motifs (C(OH)–C–C–N with tert-alkyl or cyclic N) is 1. The van der Waals surface area contributed by atoms with Crippen molar-refractivity contribution in [2.75, 3.05) is 72.3 Å². The van der Waals surface area contributed by atoms with Gasteiger partial charge in [0, 0.05) is 58.5 Å².